The third-order valence-electron chi connectivity index (χ3n) is 3.26. The van der Waals surface area contributed by atoms with Crippen LogP contribution in [0.15, 0.2) is 40.2 Å². The molecule has 1 amide bonds. The molecule has 2 aromatic heterocycles. The molecule has 1 N–H and O–H groups in total. The zero-order chi connectivity index (χ0) is 16.9. The normalized spacial score (nSPS) is 10.4. The van der Waals surface area contributed by atoms with Gasteiger partial charge < -0.3 is 19.3 Å². The second kappa shape index (κ2) is 7.14. The quantitative estimate of drug-likeness (QED) is 0.739. The molecule has 0 atom stereocenters. The third kappa shape index (κ3) is 3.38. The first-order valence-electron chi connectivity index (χ1n) is 7.08. The van der Waals surface area contributed by atoms with Crippen molar-refractivity contribution >= 4 is 17.2 Å². The Bertz CT molecular complexity index is 830. The van der Waals surface area contributed by atoms with Crippen LogP contribution in [0.3, 0.4) is 0 Å². The summed E-state index contributed by atoms with van der Waals surface area (Å²) in [6, 6.07) is 8.79. The van der Waals surface area contributed by atoms with Gasteiger partial charge in [-0.1, -0.05) is 11.2 Å². The van der Waals surface area contributed by atoms with Crippen LogP contribution in [0.5, 0.6) is 11.5 Å². The van der Waals surface area contributed by atoms with Crippen LogP contribution in [0, 0.1) is 0 Å². The summed E-state index contributed by atoms with van der Waals surface area (Å²) in [5.41, 5.74) is 0.399. The molecule has 0 radical (unpaired) electrons. The molecule has 0 saturated heterocycles. The topological polar surface area (TPSA) is 86.5 Å². The Kier molecular flexibility index (Phi) is 4.76. The predicted octanol–water partition coefficient (Wildman–Crippen LogP) is 2.75. The lowest BCUT2D eigenvalue weighted by molar-refractivity contribution is 0.0943. The second-order valence-electron chi connectivity index (χ2n) is 4.74. The van der Waals surface area contributed by atoms with Gasteiger partial charge in [0.15, 0.2) is 0 Å². The van der Waals surface area contributed by atoms with Crippen LogP contribution in [0.4, 0.5) is 0 Å². The summed E-state index contributed by atoms with van der Waals surface area (Å²) in [4.78, 5) is 17.5. The largest absolute Gasteiger partial charge is 0.497 e. The number of hydrogen-bond donors (Lipinski definition) is 1. The van der Waals surface area contributed by atoms with Gasteiger partial charge in [0.25, 0.3) is 5.91 Å². The van der Waals surface area contributed by atoms with Gasteiger partial charge >= 0.3 is 0 Å². The molecule has 1 aromatic carbocycles. The summed E-state index contributed by atoms with van der Waals surface area (Å²) < 4.78 is 15.5. The molecule has 124 valence electrons. The lowest BCUT2D eigenvalue weighted by Gasteiger charge is -2.09. The van der Waals surface area contributed by atoms with Gasteiger partial charge in [-0.15, -0.1) is 11.3 Å². The standard InChI is InChI=1S/C16H15N3O4S/c1-21-10-5-6-11(12(8-10)22-2)16(20)17-9-14-18-15(19-23-14)13-4-3-7-24-13/h3-8H,9H2,1-2H3,(H,17,20). The van der Waals surface area contributed by atoms with Crippen molar-refractivity contribution in [3.05, 3.63) is 47.2 Å². The van der Waals surface area contributed by atoms with Crippen LogP contribution in [0.1, 0.15) is 16.2 Å². The molecule has 3 aromatic rings. The number of carbonyl (C=O) groups excluding carboxylic acids is 1. The van der Waals surface area contributed by atoms with E-state index in [2.05, 4.69) is 15.5 Å². The first kappa shape index (κ1) is 16.0. The van der Waals surface area contributed by atoms with Crippen LogP contribution in [-0.4, -0.2) is 30.3 Å². The smallest absolute Gasteiger partial charge is 0.255 e. The summed E-state index contributed by atoms with van der Waals surface area (Å²) in [6.07, 6.45) is 0. The van der Waals surface area contributed by atoms with Crippen molar-refractivity contribution in [2.45, 2.75) is 6.54 Å². The molecule has 24 heavy (non-hydrogen) atoms. The Labute approximate surface area is 142 Å². The van der Waals surface area contributed by atoms with E-state index in [1.807, 2.05) is 17.5 Å². The van der Waals surface area contributed by atoms with Crippen molar-refractivity contribution in [2.24, 2.45) is 0 Å². The van der Waals surface area contributed by atoms with E-state index >= 15 is 0 Å². The minimum absolute atomic E-state index is 0.131. The molecular formula is C16H15N3O4S. The van der Waals surface area contributed by atoms with E-state index in [1.165, 1.54) is 18.4 Å². The highest BCUT2D eigenvalue weighted by molar-refractivity contribution is 7.13. The van der Waals surface area contributed by atoms with E-state index in [4.69, 9.17) is 14.0 Å². The Morgan fingerprint density at radius 3 is 2.88 bits per heavy atom. The highest BCUT2D eigenvalue weighted by atomic mass is 32.1. The number of carbonyl (C=O) groups is 1. The molecule has 0 aliphatic carbocycles. The highest BCUT2D eigenvalue weighted by Gasteiger charge is 2.15. The van der Waals surface area contributed by atoms with Gasteiger partial charge in [-0.2, -0.15) is 4.98 Å². The molecule has 3 rings (SSSR count). The fourth-order valence-electron chi connectivity index (χ4n) is 2.07. The number of benzene rings is 1. The van der Waals surface area contributed by atoms with Gasteiger partial charge in [0.05, 0.1) is 31.2 Å². The van der Waals surface area contributed by atoms with E-state index in [0.717, 1.165) is 4.88 Å². The number of nitrogens with zero attached hydrogens (tertiary/aromatic N) is 2. The lowest BCUT2D eigenvalue weighted by atomic mass is 10.1. The average Bonchev–Trinajstić information content (AvgIpc) is 3.30. The van der Waals surface area contributed by atoms with E-state index < -0.39 is 0 Å². The summed E-state index contributed by atoms with van der Waals surface area (Å²) in [6.45, 7) is 0.131. The lowest BCUT2D eigenvalue weighted by Crippen LogP contribution is -2.23. The number of hydrogen-bond acceptors (Lipinski definition) is 7. The molecule has 0 saturated carbocycles. The summed E-state index contributed by atoms with van der Waals surface area (Å²) in [5, 5.41) is 8.56. The van der Waals surface area contributed by atoms with Gasteiger partial charge in [0, 0.05) is 6.07 Å². The van der Waals surface area contributed by atoms with Crippen molar-refractivity contribution in [1.29, 1.82) is 0 Å². The maximum absolute atomic E-state index is 12.3. The van der Waals surface area contributed by atoms with E-state index in [0.29, 0.717) is 28.8 Å². The summed E-state index contributed by atoms with van der Waals surface area (Å²) in [5.74, 6) is 1.58. The number of ether oxygens (including phenoxy) is 2. The monoisotopic (exact) mass is 345 g/mol. The van der Waals surface area contributed by atoms with Crippen LogP contribution in [-0.2, 0) is 6.54 Å². The fraction of sp³-hybridized carbons (Fsp3) is 0.188. The molecule has 0 spiro atoms. The molecular weight excluding hydrogens is 330 g/mol. The van der Waals surface area contributed by atoms with Gasteiger partial charge in [0.2, 0.25) is 11.7 Å². The van der Waals surface area contributed by atoms with E-state index in [-0.39, 0.29) is 12.5 Å². The Morgan fingerprint density at radius 2 is 2.17 bits per heavy atom. The minimum Gasteiger partial charge on any atom is -0.497 e. The van der Waals surface area contributed by atoms with E-state index in [9.17, 15) is 4.79 Å². The molecule has 0 unspecified atom stereocenters. The van der Waals surface area contributed by atoms with Gasteiger partial charge in [-0.3, -0.25) is 4.79 Å². The fourth-order valence-corrected chi connectivity index (χ4v) is 2.72. The zero-order valence-corrected chi connectivity index (χ0v) is 13.9. The van der Waals surface area contributed by atoms with Crippen LogP contribution < -0.4 is 14.8 Å². The first-order chi connectivity index (χ1) is 11.7. The molecule has 0 bridgehead atoms. The number of methoxy groups -OCH3 is 2. The van der Waals surface area contributed by atoms with Crippen molar-refractivity contribution < 1.29 is 18.8 Å². The molecule has 8 heteroatoms. The maximum Gasteiger partial charge on any atom is 0.255 e. The maximum atomic E-state index is 12.3. The first-order valence-corrected chi connectivity index (χ1v) is 7.96. The summed E-state index contributed by atoms with van der Waals surface area (Å²) >= 11 is 1.52. The minimum atomic E-state index is -0.301. The molecule has 0 aliphatic heterocycles. The molecule has 2 heterocycles. The number of aromatic nitrogens is 2. The van der Waals surface area contributed by atoms with Crippen LogP contribution >= 0.6 is 11.3 Å². The summed E-state index contributed by atoms with van der Waals surface area (Å²) in [7, 11) is 3.05. The Morgan fingerprint density at radius 1 is 1.29 bits per heavy atom. The Hall–Kier alpha value is -2.87. The molecule has 0 aliphatic rings. The number of thiophene rings is 1. The average molecular weight is 345 g/mol. The van der Waals surface area contributed by atoms with Gasteiger partial charge in [0.1, 0.15) is 11.5 Å². The molecule has 0 fully saturated rings. The van der Waals surface area contributed by atoms with Crippen molar-refractivity contribution in [1.82, 2.24) is 15.5 Å². The van der Waals surface area contributed by atoms with Crippen molar-refractivity contribution in [3.63, 3.8) is 0 Å². The van der Waals surface area contributed by atoms with Crippen LogP contribution in [0.25, 0.3) is 10.7 Å². The van der Waals surface area contributed by atoms with Crippen molar-refractivity contribution in [3.8, 4) is 22.2 Å². The predicted molar refractivity (Wildman–Crippen MR) is 88.3 cm³/mol. The SMILES string of the molecule is COc1ccc(C(=O)NCc2nc(-c3cccs3)no2)c(OC)c1. The van der Waals surface area contributed by atoms with E-state index in [1.54, 1.807) is 25.3 Å². The van der Waals surface area contributed by atoms with Crippen LogP contribution in [0.2, 0.25) is 0 Å². The Balaban J connectivity index is 1.67. The zero-order valence-electron chi connectivity index (χ0n) is 13.1. The number of amides is 1. The third-order valence-corrected chi connectivity index (χ3v) is 4.13. The van der Waals surface area contributed by atoms with Crippen molar-refractivity contribution in [2.75, 3.05) is 14.2 Å². The van der Waals surface area contributed by atoms with Gasteiger partial charge in [-0.25, -0.2) is 0 Å². The number of nitrogens with one attached hydrogen (secondary N) is 1. The molecule has 7 nitrogen and oxygen atoms in total. The van der Waals surface area contributed by atoms with Gasteiger partial charge in [-0.05, 0) is 23.6 Å². The number of rotatable bonds is 6. The highest BCUT2D eigenvalue weighted by Crippen LogP contribution is 2.24. The second-order valence-corrected chi connectivity index (χ2v) is 5.69.